The lowest BCUT2D eigenvalue weighted by molar-refractivity contribution is -0.410. The van der Waals surface area contributed by atoms with Crippen molar-refractivity contribution in [3.05, 3.63) is 12.7 Å². The number of ether oxygens (including phenoxy) is 14. The number of aliphatic hydroxyl groups is 22. The molecule has 0 radical (unpaired) electrons. The summed E-state index contributed by atoms with van der Waals surface area (Å²) in [6.45, 7) is -3.46. The molecule has 7 aliphatic rings. The van der Waals surface area contributed by atoms with Gasteiger partial charge in [-0.05, 0) is 0 Å². The molecule has 7 rings (SSSR count). The van der Waals surface area contributed by atoms with Gasteiger partial charge in [0, 0.05) is 0 Å². The molecule has 0 aliphatic carbocycles. The van der Waals surface area contributed by atoms with Crippen LogP contribution in [0.2, 0.25) is 0 Å². The van der Waals surface area contributed by atoms with Crippen LogP contribution in [-0.2, 0) is 66.3 Å². The summed E-state index contributed by atoms with van der Waals surface area (Å²) in [6, 6.07) is 0. The van der Waals surface area contributed by atoms with Crippen molar-refractivity contribution in [3.8, 4) is 0 Å². The highest BCUT2D eigenvalue weighted by Gasteiger charge is 2.58. The molecule has 7 saturated heterocycles. The molecule has 0 saturated carbocycles. The van der Waals surface area contributed by atoms with Gasteiger partial charge in [0.1, 0.15) is 171 Å². The Balaban J connectivity index is 1.11. The first-order valence-electron chi connectivity index (χ1n) is 25.7. The van der Waals surface area contributed by atoms with E-state index in [1.807, 2.05) is 0 Å². The Kier molecular flexibility index (Phi) is 24.2. The zero-order valence-electron chi connectivity index (χ0n) is 42.7. The maximum absolute atomic E-state index is 11.8. The molecule has 0 amide bonds. The van der Waals surface area contributed by atoms with E-state index in [0.717, 1.165) is 0 Å². The van der Waals surface area contributed by atoms with Crippen LogP contribution >= 0.6 is 0 Å². The fourth-order valence-electron chi connectivity index (χ4n) is 10.1. The lowest BCUT2D eigenvalue weighted by atomic mass is 9.95. The first kappa shape index (κ1) is 66.8. The first-order chi connectivity index (χ1) is 38.5. The summed E-state index contributed by atoms with van der Waals surface area (Å²) >= 11 is 0. The van der Waals surface area contributed by atoms with E-state index < -0.39 is 261 Å². The SMILES string of the molecule is C=CCO[C@H]1O[C@H](CO[C@H]2O[C@H](CO)[C@@H](O)[C@H](O)[C@@H]2O[C@H]2O[C@H](CO)[C@@H](O)[C@H](O)[C@@H]2O)[C@@H](O)[C@H](O)[C@@H]1O[C@H]1O[C@H](CO)[C@@H](O)[C@H](O)[C@@H]1O[C@H]1O[C@H](CO)[C@@H](O)[C@H](O)[C@@H]1O[C@H]1O[C@H](CO)[C@@H](O)[C@H](O[C@H]2O[C@H](CO)[C@@H](O)[C@H](O)[C@@H]2O)[C@@H]1O. The summed E-state index contributed by atoms with van der Waals surface area (Å²) < 4.78 is 80.2. The van der Waals surface area contributed by atoms with Gasteiger partial charge < -0.3 is 179 Å². The molecule has 36 nitrogen and oxygen atoms in total. The highest BCUT2D eigenvalue weighted by molar-refractivity contribution is 5.00. The van der Waals surface area contributed by atoms with Gasteiger partial charge in [-0.15, -0.1) is 6.58 Å². The quantitative estimate of drug-likeness (QED) is 0.0448. The summed E-state index contributed by atoms with van der Waals surface area (Å²) in [5, 5.41) is 235. The van der Waals surface area contributed by atoms with Crippen molar-refractivity contribution in [1.29, 1.82) is 0 Å². The van der Waals surface area contributed by atoms with Crippen molar-refractivity contribution in [2.75, 3.05) is 52.9 Å². The van der Waals surface area contributed by atoms with Crippen molar-refractivity contribution in [2.45, 2.75) is 215 Å². The fourth-order valence-corrected chi connectivity index (χ4v) is 10.1. The molecule has 0 bridgehead atoms. The molecular formula is C45H76O36. The van der Waals surface area contributed by atoms with Crippen molar-refractivity contribution in [1.82, 2.24) is 0 Å². The van der Waals surface area contributed by atoms with E-state index >= 15 is 0 Å². The Labute approximate surface area is 458 Å². The Morgan fingerprint density at radius 2 is 0.519 bits per heavy atom. The molecule has 7 aliphatic heterocycles. The minimum atomic E-state index is -2.25. The molecular weight excluding hydrogens is 1120 g/mol. The Morgan fingerprint density at radius 3 is 0.889 bits per heavy atom. The molecule has 35 atom stereocenters. The van der Waals surface area contributed by atoms with Crippen LogP contribution in [0.15, 0.2) is 12.7 Å². The van der Waals surface area contributed by atoms with Gasteiger partial charge in [0.25, 0.3) is 0 Å². The highest BCUT2D eigenvalue weighted by Crippen LogP contribution is 2.38. The minimum absolute atomic E-state index is 0.384. The summed E-state index contributed by atoms with van der Waals surface area (Å²) in [7, 11) is 0. The van der Waals surface area contributed by atoms with E-state index in [-0.39, 0.29) is 6.61 Å². The number of hydrogen-bond donors (Lipinski definition) is 22. The van der Waals surface area contributed by atoms with Gasteiger partial charge in [0.15, 0.2) is 44.0 Å². The number of rotatable bonds is 22. The third kappa shape index (κ3) is 14.2. The first-order valence-corrected chi connectivity index (χ1v) is 25.7. The molecule has 0 aromatic rings. The van der Waals surface area contributed by atoms with Crippen LogP contribution < -0.4 is 0 Å². The molecule has 0 unspecified atom stereocenters. The zero-order chi connectivity index (χ0) is 59.5. The van der Waals surface area contributed by atoms with Gasteiger partial charge in [0.2, 0.25) is 0 Å². The van der Waals surface area contributed by atoms with Crippen molar-refractivity contribution < 1.29 is 179 Å². The van der Waals surface area contributed by atoms with E-state index in [1.165, 1.54) is 6.08 Å². The molecule has 7 heterocycles. The average Bonchev–Trinajstić information content (AvgIpc) is 3.56. The van der Waals surface area contributed by atoms with Crippen LogP contribution in [0.1, 0.15) is 0 Å². The molecule has 0 aromatic carbocycles. The summed E-state index contributed by atoms with van der Waals surface area (Å²) in [5.74, 6) is 0. The lowest BCUT2D eigenvalue weighted by Gasteiger charge is -2.50. The number of hydrogen-bond acceptors (Lipinski definition) is 36. The molecule has 36 heteroatoms. The second-order valence-corrected chi connectivity index (χ2v) is 20.2. The third-order valence-electron chi connectivity index (χ3n) is 14.9. The van der Waals surface area contributed by atoms with Crippen LogP contribution in [0.25, 0.3) is 0 Å². The topological polar surface area (TPSA) is 574 Å². The van der Waals surface area contributed by atoms with Gasteiger partial charge in [-0.1, -0.05) is 6.08 Å². The molecule has 472 valence electrons. The van der Waals surface area contributed by atoms with Gasteiger partial charge in [-0.3, -0.25) is 0 Å². The number of aliphatic hydroxyl groups excluding tert-OH is 22. The summed E-state index contributed by atoms with van der Waals surface area (Å²) in [5.41, 5.74) is 0. The normalized spacial score (nSPS) is 51.9. The molecule has 81 heavy (non-hydrogen) atoms. The van der Waals surface area contributed by atoms with E-state index in [4.69, 9.17) is 66.3 Å². The van der Waals surface area contributed by atoms with E-state index in [0.29, 0.717) is 0 Å². The van der Waals surface area contributed by atoms with Crippen molar-refractivity contribution >= 4 is 0 Å². The standard InChI is InChI=1S/C45H76O36/c1-2-3-68-42-35(30(64)23(57)17(76-42)10-69-43-36(27(61)20(54)13(6-48)73-43)78-40-32(66)26(60)19(53)12(5-47)71-40)80-45-38(29(63)22(56)15(8-50)75-45)81-44-37(28(62)21(55)14(7-49)74-44)79-41-33(67)34(24(58)16(9-51)72-41)77-39-31(65)25(59)18(52)11(4-46)70-39/h2,11-67H,1,3-10H2/t11-,12-,13-,14-,15-,16-,17-,18-,19-,20-,21-,22-,23-,24-,25+,26+,27+,28+,29+,30+,31+,32+,33+,34+,35+,36+,37+,38+,39-,40-,41-,42+,43+,44-,45-/m1/s1. The highest BCUT2D eigenvalue weighted by atomic mass is 16.8. The van der Waals surface area contributed by atoms with E-state index in [2.05, 4.69) is 6.58 Å². The van der Waals surface area contributed by atoms with Crippen molar-refractivity contribution in [2.24, 2.45) is 0 Å². The zero-order valence-corrected chi connectivity index (χ0v) is 42.7. The van der Waals surface area contributed by atoms with Gasteiger partial charge in [-0.25, -0.2) is 0 Å². The van der Waals surface area contributed by atoms with Gasteiger partial charge in [0.05, 0.1) is 52.9 Å². The van der Waals surface area contributed by atoms with Crippen molar-refractivity contribution in [3.63, 3.8) is 0 Å². The van der Waals surface area contributed by atoms with Crippen LogP contribution in [-0.4, -0.2) is 380 Å². The van der Waals surface area contributed by atoms with Crippen LogP contribution in [0.3, 0.4) is 0 Å². The maximum Gasteiger partial charge on any atom is 0.187 e. The summed E-state index contributed by atoms with van der Waals surface area (Å²) in [6.07, 6.45) is -67.2. The fraction of sp³-hybridized carbons (Fsp3) is 0.956. The predicted octanol–water partition coefficient (Wildman–Crippen LogP) is -15.1. The molecule has 22 N–H and O–H groups in total. The Morgan fingerprint density at radius 1 is 0.259 bits per heavy atom. The molecule has 7 fully saturated rings. The largest absolute Gasteiger partial charge is 0.394 e. The maximum atomic E-state index is 11.8. The van der Waals surface area contributed by atoms with Crippen LogP contribution in [0, 0.1) is 0 Å². The predicted molar refractivity (Wildman–Crippen MR) is 246 cm³/mol. The Bertz CT molecular complexity index is 1900. The second-order valence-electron chi connectivity index (χ2n) is 20.2. The second kappa shape index (κ2) is 29.3. The van der Waals surface area contributed by atoms with Gasteiger partial charge >= 0.3 is 0 Å². The van der Waals surface area contributed by atoms with E-state index in [9.17, 15) is 112 Å². The van der Waals surface area contributed by atoms with E-state index in [1.54, 1.807) is 0 Å². The smallest absolute Gasteiger partial charge is 0.187 e. The molecule has 0 aromatic heterocycles. The third-order valence-corrected chi connectivity index (χ3v) is 14.9. The van der Waals surface area contributed by atoms with Gasteiger partial charge in [-0.2, -0.15) is 0 Å². The lowest BCUT2D eigenvalue weighted by Crippen LogP contribution is -2.68. The average molecular weight is 1190 g/mol. The van der Waals surface area contributed by atoms with Crippen LogP contribution in [0.4, 0.5) is 0 Å². The Hall–Kier alpha value is -1.70. The summed E-state index contributed by atoms with van der Waals surface area (Å²) in [4.78, 5) is 0. The monoisotopic (exact) mass is 1190 g/mol. The molecule has 0 spiro atoms. The van der Waals surface area contributed by atoms with Crippen LogP contribution in [0.5, 0.6) is 0 Å². The minimum Gasteiger partial charge on any atom is -0.394 e.